The maximum Gasteiger partial charge on any atom is 0.270 e. The summed E-state index contributed by atoms with van der Waals surface area (Å²) < 4.78 is 0. The lowest BCUT2D eigenvalue weighted by molar-refractivity contribution is -0.116. The molecule has 3 rings (SSSR count). The van der Waals surface area contributed by atoms with Crippen molar-refractivity contribution in [1.29, 1.82) is 0 Å². The molecule has 2 N–H and O–H groups in total. The van der Waals surface area contributed by atoms with Crippen LogP contribution in [-0.2, 0) is 4.79 Å². The van der Waals surface area contributed by atoms with E-state index in [2.05, 4.69) is 22.1 Å². The Kier molecular flexibility index (Phi) is 5.61. The van der Waals surface area contributed by atoms with Gasteiger partial charge in [-0.2, -0.15) is 0 Å². The molecule has 1 aliphatic heterocycles. The Hall–Kier alpha value is -2.34. The third-order valence-electron chi connectivity index (χ3n) is 4.84. The maximum atomic E-state index is 12.8. The van der Waals surface area contributed by atoms with E-state index in [0.29, 0.717) is 18.0 Å². The van der Waals surface area contributed by atoms with Crippen molar-refractivity contribution in [2.75, 3.05) is 38.0 Å². The van der Waals surface area contributed by atoms with E-state index in [1.54, 1.807) is 0 Å². The second-order valence-corrected chi connectivity index (χ2v) is 7.36. The molecular formula is C20H28N4O2. The summed E-state index contributed by atoms with van der Waals surface area (Å²) in [6, 6.07) is 7.56. The van der Waals surface area contributed by atoms with Crippen LogP contribution in [0.3, 0.4) is 0 Å². The molecule has 2 heterocycles. The third-order valence-corrected chi connectivity index (χ3v) is 4.84. The van der Waals surface area contributed by atoms with E-state index >= 15 is 0 Å². The van der Waals surface area contributed by atoms with Crippen LogP contribution in [0.5, 0.6) is 0 Å². The highest BCUT2D eigenvalue weighted by molar-refractivity contribution is 6.00. The number of nitrogens with zero attached hydrogens (tertiary/aromatic N) is 2. The summed E-state index contributed by atoms with van der Waals surface area (Å²) in [6.45, 7) is 10.6. The van der Waals surface area contributed by atoms with Crippen molar-refractivity contribution in [3.8, 4) is 0 Å². The molecule has 1 aromatic carbocycles. The molecule has 2 amide bonds. The highest BCUT2D eigenvalue weighted by Gasteiger charge is 2.22. The summed E-state index contributed by atoms with van der Waals surface area (Å²) in [5.74, 6) is 0.380. The van der Waals surface area contributed by atoms with Crippen LogP contribution in [0, 0.1) is 5.92 Å². The topological polar surface area (TPSA) is 68.4 Å². The molecule has 1 aromatic heterocycles. The van der Waals surface area contributed by atoms with Crippen molar-refractivity contribution in [2.45, 2.75) is 27.2 Å². The number of aromatic nitrogens is 1. The first kappa shape index (κ1) is 18.5. The molecule has 0 saturated carbocycles. The molecule has 140 valence electrons. The van der Waals surface area contributed by atoms with E-state index in [4.69, 9.17) is 0 Å². The zero-order valence-electron chi connectivity index (χ0n) is 15.8. The number of H-pyrrole nitrogens is 1. The zero-order valence-corrected chi connectivity index (χ0v) is 15.8. The third kappa shape index (κ3) is 4.25. The molecule has 0 bridgehead atoms. The molecule has 0 unspecified atom stereocenters. The highest BCUT2D eigenvalue weighted by atomic mass is 16.2. The SMILES string of the molecule is CCN1CCN(C(=O)c2cc3cc(NC(=O)CC(C)C)ccc3[nH]2)CC1. The number of anilines is 1. The second kappa shape index (κ2) is 7.91. The Labute approximate surface area is 154 Å². The summed E-state index contributed by atoms with van der Waals surface area (Å²) in [5.41, 5.74) is 2.27. The first-order valence-corrected chi connectivity index (χ1v) is 9.40. The summed E-state index contributed by atoms with van der Waals surface area (Å²) in [5, 5.41) is 3.86. The van der Waals surface area contributed by atoms with Crippen LogP contribution in [0.25, 0.3) is 10.9 Å². The van der Waals surface area contributed by atoms with E-state index in [1.165, 1.54) is 0 Å². The van der Waals surface area contributed by atoms with Crippen LogP contribution in [0.4, 0.5) is 5.69 Å². The number of carbonyl (C=O) groups excluding carboxylic acids is 2. The Bertz CT molecular complexity index is 788. The molecule has 2 aromatic rings. The van der Waals surface area contributed by atoms with Crippen molar-refractivity contribution >= 4 is 28.4 Å². The average molecular weight is 356 g/mol. The number of aromatic amines is 1. The molecule has 6 heteroatoms. The fourth-order valence-corrected chi connectivity index (χ4v) is 3.35. The Morgan fingerprint density at radius 3 is 2.54 bits per heavy atom. The van der Waals surface area contributed by atoms with Crippen molar-refractivity contribution in [3.63, 3.8) is 0 Å². The highest BCUT2D eigenvalue weighted by Crippen LogP contribution is 2.22. The lowest BCUT2D eigenvalue weighted by Gasteiger charge is -2.33. The zero-order chi connectivity index (χ0) is 18.7. The standard InChI is InChI=1S/C20H28N4O2/c1-4-23-7-9-24(10-8-23)20(26)18-13-15-12-16(5-6-17(15)22-18)21-19(25)11-14(2)3/h5-6,12-14,22H,4,7-11H2,1-3H3,(H,21,25). The number of amides is 2. The quantitative estimate of drug-likeness (QED) is 0.865. The van der Waals surface area contributed by atoms with Crippen molar-refractivity contribution in [3.05, 3.63) is 30.0 Å². The smallest absolute Gasteiger partial charge is 0.270 e. The largest absolute Gasteiger partial charge is 0.351 e. The fourth-order valence-electron chi connectivity index (χ4n) is 3.35. The molecular weight excluding hydrogens is 328 g/mol. The Balaban J connectivity index is 1.71. The second-order valence-electron chi connectivity index (χ2n) is 7.36. The van der Waals surface area contributed by atoms with Gasteiger partial charge in [0.05, 0.1) is 0 Å². The molecule has 1 saturated heterocycles. The number of rotatable bonds is 5. The van der Waals surface area contributed by atoms with Crippen LogP contribution in [-0.4, -0.2) is 59.3 Å². The van der Waals surface area contributed by atoms with Crippen LogP contribution in [0.2, 0.25) is 0 Å². The number of hydrogen-bond acceptors (Lipinski definition) is 3. The predicted molar refractivity (Wildman–Crippen MR) is 104 cm³/mol. The number of nitrogens with one attached hydrogen (secondary N) is 2. The van der Waals surface area contributed by atoms with Crippen molar-refractivity contribution < 1.29 is 9.59 Å². The molecule has 0 atom stereocenters. The van der Waals surface area contributed by atoms with Crippen molar-refractivity contribution in [2.24, 2.45) is 5.92 Å². The molecule has 0 radical (unpaired) electrons. The van der Waals surface area contributed by atoms with Gasteiger partial charge >= 0.3 is 0 Å². The molecule has 1 fully saturated rings. The van der Waals surface area contributed by atoms with Gasteiger partial charge < -0.3 is 20.1 Å². The first-order chi connectivity index (χ1) is 12.5. The van der Waals surface area contributed by atoms with Crippen LogP contribution in [0.15, 0.2) is 24.3 Å². The van der Waals surface area contributed by atoms with Crippen molar-refractivity contribution in [1.82, 2.24) is 14.8 Å². The van der Waals surface area contributed by atoms with Gasteiger partial charge in [-0.05, 0) is 36.7 Å². The van der Waals surface area contributed by atoms with E-state index < -0.39 is 0 Å². The number of fused-ring (bicyclic) bond motifs is 1. The number of likely N-dealkylation sites (N-methyl/N-ethyl adjacent to an activating group) is 1. The first-order valence-electron chi connectivity index (χ1n) is 9.40. The van der Waals surface area contributed by atoms with E-state index in [-0.39, 0.29) is 11.8 Å². The van der Waals surface area contributed by atoms with E-state index in [9.17, 15) is 9.59 Å². The summed E-state index contributed by atoms with van der Waals surface area (Å²) in [7, 11) is 0. The average Bonchev–Trinajstić information content (AvgIpc) is 3.03. The van der Waals surface area contributed by atoms with Gasteiger partial charge in [-0.15, -0.1) is 0 Å². The van der Waals surface area contributed by atoms with Gasteiger partial charge in [-0.3, -0.25) is 9.59 Å². The molecule has 1 aliphatic rings. The Morgan fingerprint density at radius 1 is 1.15 bits per heavy atom. The number of benzene rings is 1. The molecule has 26 heavy (non-hydrogen) atoms. The van der Waals surface area contributed by atoms with Gasteiger partial charge in [0, 0.05) is 49.2 Å². The minimum Gasteiger partial charge on any atom is -0.351 e. The van der Waals surface area contributed by atoms with Gasteiger partial charge in [-0.1, -0.05) is 20.8 Å². The molecule has 0 aliphatic carbocycles. The summed E-state index contributed by atoms with van der Waals surface area (Å²) in [4.78, 5) is 32.2. The van der Waals surface area contributed by atoms with Gasteiger partial charge in [0.2, 0.25) is 5.91 Å². The lowest BCUT2D eigenvalue weighted by atomic mass is 10.1. The predicted octanol–water partition coefficient (Wildman–Crippen LogP) is 2.93. The minimum atomic E-state index is 0.0139. The van der Waals surface area contributed by atoms with Crippen LogP contribution in [0.1, 0.15) is 37.7 Å². The monoisotopic (exact) mass is 356 g/mol. The maximum absolute atomic E-state index is 12.8. The number of hydrogen-bond donors (Lipinski definition) is 2. The van der Waals surface area contributed by atoms with Gasteiger partial charge in [0.15, 0.2) is 0 Å². The fraction of sp³-hybridized carbons (Fsp3) is 0.500. The van der Waals surface area contributed by atoms with E-state index in [1.807, 2.05) is 43.0 Å². The normalized spacial score (nSPS) is 15.6. The van der Waals surface area contributed by atoms with Gasteiger partial charge in [-0.25, -0.2) is 0 Å². The minimum absolute atomic E-state index is 0.0139. The molecule has 0 spiro atoms. The van der Waals surface area contributed by atoms with Crippen LogP contribution < -0.4 is 5.32 Å². The summed E-state index contributed by atoms with van der Waals surface area (Å²) in [6.07, 6.45) is 0.499. The van der Waals surface area contributed by atoms with E-state index in [0.717, 1.165) is 49.3 Å². The lowest BCUT2D eigenvalue weighted by Crippen LogP contribution is -2.48. The molecule has 6 nitrogen and oxygen atoms in total. The number of piperazine rings is 1. The van der Waals surface area contributed by atoms with Gasteiger partial charge in [0.25, 0.3) is 5.91 Å². The summed E-state index contributed by atoms with van der Waals surface area (Å²) >= 11 is 0. The Morgan fingerprint density at radius 2 is 1.88 bits per heavy atom. The van der Waals surface area contributed by atoms with Crippen LogP contribution >= 0.6 is 0 Å². The number of carbonyl (C=O) groups is 2. The van der Waals surface area contributed by atoms with Gasteiger partial charge in [0.1, 0.15) is 5.69 Å².